The maximum Gasteiger partial charge on any atom is 0.408 e. The maximum absolute atomic E-state index is 13.7. The highest BCUT2D eigenvalue weighted by molar-refractivity contribution is 5.98. The largest absolute Gasteiger partial charge is 0.444 e. The summed E-state index contributed by atoms with van der Waals surface area (Å²) in [6.07, 6.45) is 9.11. The summed E-state index contributed by atoms with van der Waals surface area (Å²) in [6, 6.07) is 8.04. The molecule has 1 saturated heterocycles. The molecule has 9 heteroatoms. The Morgan fingerprint density at radius 2 is 1.82 bits per heavy atom. The average Bonchev–Trinajstić information content (AvgIpc) is 3.36. The first-order valence-corrected chi connectivity index (χ1v) is 14.6. The van der Waals surface area contributed by atoms with Gasteiger partial charge in [-0.15, -0.1) is 0 Å². The lowest BCUT2D eigenvalue weighted by molar-refractivity contribution is -0.141. The second kappa shape index (κ2) is 12.4. The summed E-state index contributed by atoms with van der Waals surface area (Å²) in [5, 5.41) is 8.93. The minimum atomic E-state index is -1.04. The zero-order valence-electron chi connectivity index (χ0n) is 24.2. The van der Waals surface area contributed by atoms with Crippen LogP contribution in [-0.4, -0.2) is 58.5 Å². The molecule has 2 fully saturated rings. The lowest BCUT2D eigenvalue weighted by Crippen LogP contribution is -2.58. The molecule has 4 amide bonds. The van der Waals surface area contributed by atoms with Gasteiger partial charge in [-0.05, 0) is 71.8 Å². The van der Waals surface area contributed by atoms with Gasteiger partial charge in [-0.3, -0.25) is 14.4 Å². The number of nitrogens with zero attached hydrogens (tertiary/aromatic N) is 1. The van der Waals surface area contributed by atoms with Crippen LogP contribution in [0.5, 0.6) is 0 Å². The molecule has 40 heavy (non-hydrogen) atoms. The number of benzene rings is 1. The smallest absolute Gasteiger partial charge is 0.408 e. The molecule has 1 aromatic carbocycles. The zero-order valence-corrected chi connectivity index (χ0v) is 24.2. The van der Waals surface area contributed by atoms with Crippen molar-refractivity contribution in [2.45, 2.75) is 108 Å². The van der Waals surface area contributed by atoms with Gasteiger partial charge in [-0.25, -0.2) is 4.79 Å². The molecule has 1 aromatic rings. The lowest BCUT2D eigenvalue weighted by atomic mass is 10.0. The molecule has 0 aromatic heterocycles. The van der Waals surface area contributed by atoms with E-state index in [1.165, 1.54) is 0 Å². The molecule has 0 bridgehead atoms. The molecule has 5 atom stereocenters. The highest BCUT2D eigenvalue weighted by Crippen LogP contribution is 2.46. The Morgan fingerprint density at radius 1 is 1.07 bits per heavy atom. The van der Waals surface area contributed by atoms with E-state index in [1.807, 2.05) is 37.3 Å². The summed E-state index contributed by atoms with van der Waals surface area (Å²) in [7, 11) is 0. The quantitative estimate of drug-likeness (QED) is 0.486. The standard InChI is InChI=1S/C31H44N4O5/c1-21(22-14-9-8-10-15-22)32-28(38)31-20-23(31)16-11-6-5-7-12-17-24(33-29(39)40-30(2,3)4)27(37)35-19-13-18-25(35)26(36)34-31/h8-11,14-16,21,23-25H,5-7,12-13,17-20H2,1-4H3,(H,32,38)(H,33,39)(H,34,36)/t21-,23-,24+,25+,31-/m1/s1. The summed E-state index contributed by atoms with van der Waals surface area (Å²) < 4.78 is 5.42. The monoisotopic (exact) mass is 552 g/mol. The van der Waals surface area contributed by atoms with Crippen LogP contribution in [0.15, 0.2) is 42.5 Å². The van der Waals surface area contributed by atoms with Gasteiger partial charge in [0.2, 0.25) is 17.7 Å². The van der Waals surface area contributed by atoms with E-state index in [0.29, 0.717) is 32.2 Å². The van der Waals surface area contributed by atoms with Crippen LogP contribution in [0.25, 0.3) is 0 Å². The topological polar surface area (TPSA) is 117 Å². The number of carbonyl (C=O) groups excluding carboxylic acids is 4. The van der Waals surface area contributed by atoms with Crippen molar-refractivity contribution in [2.24, 2.45) is 5.92 Å². The minimum Gasteiger partial charge on any atom is -0.444 e. The summed E-state index contributed by atoms with van der Waals surface area (Å²) in [4.78, 5) is 55.1. The molecule has 0 radical (unpaired) electrons. The van der Waals surface area contributed by atoms with E-state index in [-0.39, 0.29) is 29.7 Å². The molecule has 0 spiro atoms. The number of hydrogen-bond donors (Lipinski definition) is 3. The first-order chi connectivity index (χ1) is 19.0. The third kappa shape index (κ3) is 7.23. The Kier molecular flexibility index (Phi) is 9.21. The first-order valence-electron chi connectivity index (χ1n) is 14.6. The molecule has 4 rings (SSSR count). The van der Waals surface area contributed by atoms with Gasteiger partial charge >= 0.3 is 6.09 Å². The fourth-order valence-electron chi connectivity index (χ4n) is 5.69. The molecule has 0 unspecified atom stereocenters. The molecular weight excluding hydrogens is 508 g/mol. The van der Waals surface area contributed by atoms with E-state index >= 15 is 0 Å². The molecule has 218 valence electrons. The summed E-state index contributed by atoms with van der Waals surface area (Å²) in [5.74, 6) is -0.914. The predicted octanol–water partition coefficient (Wildman–Crippen LogP) is 4.14. The number of amides is 4. The van der Waals surface area contributed by atoms with Crippen LogP contribution in [0.2, 0.25) is 0 Å². The van der Waals surface area contributed by atoms with Gasteiger partial charge in [0.15, 0.2) is 0 Å². The van der Waals surface area contributed by atoms with Crippen LogP contribution in [-0.2, 0) is 19.1 Å². The summed E-state index contributed by atoms with van der Waals surface area (Å²) >= 11 is 0. The Labute approximate surface area is 237 Å². The van der Waals surface area contributed by atoms with E-state index in [1.54, 1.807) is 25.7 Å². The van der Waals surface area contributed by atoms with Crippen molar-refractivity contribution < 1.29 is 23.9 Å². The number of fused-ring (bicyclic) bond motifs is 2. The third-order valence-corrected chi connectivity index (χ3v) is 7.97. The van der Waals surface area contributed by atoms with Gasteiger partial charge in [-0.1, -0.05) is 55.3 Å². The Balaban J connectivity index is 1.53. The second-order valence-corrected chi connectivity index (χ2v) is 12.3. The molecular formula is C31H44N4O5. The number of ether oxygens (including phenoxy) is 1. The van der Waals surface area contributed by atoms with Gasteiger partial charge < -0.3 is 25.6 Å². The normalized spacial score (nSPS) is 28.2. The van der Waals surface area contributed by atoms with Crippen LogP contribution in [0.4, 0.5) is 4.79 Å². The average molecular weight is 553 g/mol. The van der Waals surface area contributed by atoms with Crippen molar-refractivity contribution >= 4 is 23.8 Å². The highest BCUT2D eigenvalue weighted by atomic mass is 16.6. The molecule has 9 nitrogen and oxygen atoms in total. The van der Waals surface area contributed by atoms with E-state index in [2.05, 4.69) is 28.1 Å². The number of carbonyl (C=O) groups is 4. The van der Waals surface area contributed by atoms with Gasteiger partial charge in [0.1, 0.15) is 23.2 Å². The summed E-state index contributed by atoms with van der Waals surface area (Å²) in [6.45, 7) is 7.68. The lowest BCUT2D eigenvalue weighted by Gasteiger charge is -2.31. The second-order valence-electron chi connectivity index (χ2n) is 12.3. The first kappa shape index (κ1) is 29.6. The van der Waals surface area contributed by atoms with Crippen molar-refractivity contribution in [3.05, 3.63) is 48.0 Å². The van der Waals surface area contributed by atoms with E-state index in [9.17, 15) is 19.2 Å². The minimum absolute atomic E-state index is 0.100. The van der Waals surface area contributed by atoms with Gasteiger partial charge in [-0.2, -0.15) is 0 Å². The fourth-order valence-corrected chi connectivity index (χ4v) is 5.69. The number of alkyl carbamates (subject to hydrolysis) is 1. The molecule has 2 aliphatic heterocycles. The molecule has 3 N–H and O–H groups in total. The van der Waals surface area contributed by atoms with Crippen LogP contribution >= 0.6 is 0 Å². The van der Waals surface area contributed by atoms with Crippen molar-refractivity contribution in [2.75, 3.05) is 6.54 Å². The van der Waals surface area contributed by atoms with Crippen molar-refractivity contribution in [3.63, 3.8) is 0 Å². The third-order valence-electron chi connectivity index (χ3n) is 7.97. The van der Waals surface area contributed by atoms with Crippen molar-refractivity contribution in [3.8, 4) is 0 Å². The Bertz CT molecular complexity index is 1110. The van der Waals surface area contributed by atoms with Crippen LogP contribution in [0.1, 0.15) is 90.7 Å². The Hall–Kier alpha value is -3.36. The summed E-state index contributed by atoms with van der Waals surface area (Å²) in [5.41, 5.74) is -0.745. The Morgan fingerprint density at radius 3 is 2.55 bits per heavy atom. The number of allylic oxidation sites excluding steroid dienone is 1. The zero-order chi connectivity index (χ0) is 28.9. The van der Waals surface area contributed by atoms with Crippen LogP contribution in [0, 0.1) is 5.92 Å². The van der Waals surface area contributed by atoms with Crippen molar-refractivity contribution in [1.82, 2.24) is 20.9 Å². The van der Waals surface area contributed by atoms with E-state index < -0.39 is 29.3 Å². The predicted molar refractivity (Wildman–Crippen MR) is 152 cm³/mol. The number of nitrogens with one attached hydrogen (secondary N) is 3. The molecule has 1 aliphatic carbocycles. The van der Waals surface area contributed by atoms with Crippen LogP contribution in [0.3, 0.4) is 0 Å². The SMILES string of the molecule is C[C@@H](NC(=O)[C@@]12C[C@H]1C=CCCCCC[C@H](NC(=O)OC(C)(C)C)C(=O)N1CCC[C@H]1C(=O)N2)c1ccccc1. The van der Waals surface area contributed by atoms with Crippen molar-refractivity contribution in [1.29, 1.82) is 0 Å². The molecule has 2 heterocycles. The fraction of sp³-hybridized carbons (Fsp3) is 0.613. The van der Waals surface area contributed by atoms with Gasteiger partial charge in [0, 0.05) is 12.5 Å². The number of hydrogen-bond acceptors (Lipinski definition) is 5. The van der Waals surface area contributed by atoms with Gasteiger partial charge in [0.05, 0.1) is 6.04 Å². The number of rotatable bonds is 4. The van der Waals surface area contributed by atoms with Crippen LogP contribution < -0.4 is 16.0 Å². The molecule has 3 aliphatic rings. The molecule has 1 saturated carbocycles. The van der Waals surface area contributed by atoms with E-state index in [4.69, 9.17) is 4.74 Å². The maximum atomic E-state index is 13.7. The highest BCUT2D eigenvalue weighted by Gasteiger charge is 2.60. The van der Waals surface area contributed by atoms with E-state index in [0.717, 1.165) is 31.2 Å². The van der Waals surface area contributed by atoms with Gasteiger partial charge in [0.25, 0.3) is 0 Å².